The third kappa shape index (κ3) is 6.51. The third-order valence-electron chi connectivity index (χ3n) is 6.69. The van der Waals surface area contributed by atoms with Gasteiger partial charge < -0.3 is 19.9 Å². The minimum Gasteiger partial charge on any atom is -0.444 e. The van der Waals surface area contributed by atoms with E-state index in [9.17, 15) is 19.2 Å². The zero-order chi connectivity index (χ0) is 27.4. The molecule has 11 nitrogen and oxygen atoms in total. The van der Waals surface area contributed by atoms with E-state index >= 15 is 0 Å². The first-order valence-electron chi connectivity index (χ1n) is 13.1. The predicted molar refractivity (Wildman–Crippen MR) is 143 cm³/mol. The summed E-state index contributed by atoms with van der Waals surface area (Å²) in [6.07, 6.45) is 4.17. The van der Waals surface area contributed by atoms with Crippen molar-refractivity contribution in [3.05, 3.63) is 62.6 Å². The number of carbonyl (C=O) groups excluding carboxylic acids is 2. The lowest BCUT2D eigenvalue weighted by atomic mass is 9.85. The van der Waals surface area contributed by atoms with Gasteiger partial charge in [0.1, 0.15) is 5.60 Å². The number of alkyl carbamates (subject to hydrolysis) is 1. The lowest BCUT2D eigenvalue weighted by molar-refractivity contribution is -0.126. The van der Waals surface area contributed by atoms with Crippen LogP contribution in [0.5, 0.6) is 0 Å². The highest BCUT2D eigenvalue weighted by molar-refractivity contribution is 5.79. The van der Waals surface area contributed by atoms with Gasteiger partial charge in [-0.05, 0) is 58.1 Å². The van der Waals surface area contributed by atoms with E-state index in [2.05, 4.69) is 20.6 Å². The van der Waals surface area contributed by atoms with Crippen LogP contribution in [0.2, 0.25) is 0 Å². The van der Waals surface area contributed by atoms with Gasteiger partial charge in [-0.1, -0.05) is 30.7 Å². The van der Waals surface area contributed by atoms with Gasteiger partial charge in [0.2, 0.25) is 5.91 Å². The van der Waals surface area contributed by atoms with Crippen molar-refractivity contribution in [2.24, 2.45) is 5.92 Å². The minimum atomic E-state index is -0.564. The molecule has 2 amide bonds. The molecule has 0 aliphatic heterocycles. The number of fused-ring (bicyclic) bond motifs is 1. The topological polar surface area (TPSA) is 140 Å². The van der Waals surface area contributed by atoms with Gasteiger partial charge in [-0.15, -0.1) is 0 Å². The van der Waals surface area contributed by atoms with Crippen LogP contribution >= 0.6 is 0 Å². The molecule has 0 radical (unpaired) electrons. The molecule has 11 heteroatoms. The quantitative estimate of drug-likeness (QED) is 0.434. The number of aryl methyl sites for hydroxylation is 1. The maximum atomic E-state index is 12.8. The number of aromatic amines is 1. The highest BCUT2D eigenvalue weighted by Gasteiger charge is 2.29. The number of nitrogens with one attached hydrogen (secondary N) is 3. The summed E-state index contributed by atoms with van der Waals surface area (Å²) in [5.41, 5.74) is 0.997. The average molecular weight is 525 g/mol. The molecule has 2 atom stereocenters. The minimum absolute atomic E-state index is 0.0292. The fourth-order valence-corrected chi connectivity index (χ4v) is 4.82. The first kappa shape index (κ1) is 27.2. The summed E-state index contributed by atoms with van der Waals surface area (Å²) in [5.74, 6) is -0.195. The highest BCUT2D eigenvalue weighted by atomic mass is 16.6. The van der Waals surface area contributed by atoms with Crippen LogP contribution in [0.3, 0.4) is 0 Å². The van der Waals surface area contributed by atoms with Crippen molar-refractivity contribution in [3.8, 4) is 0 Å². The number of hydrogen-bond acceptors (Lipinski definition) is 6. The molecule has 0 unspecified atom stereocenters. The maximum absolute atomic E-state index is 12.8. The lowest BCUT2D eigenvalue weighted by Gasteiger charge is -2.30. The Morgan fingerprint density at radius 1 is 1.13 bits per heavy atom. The van der Waals surface area contributed by atoms with Gasteiger partial charge in [-0.2, -0.15) is 0 Å². The van der Waals surface area contributed by atoms with Crippen LogP contribution in [0, 0.1) is 5.92 Å². The van der Waals surface area contributed by atoms with Crippen LogP contribution in [0.1, 0.15) is 64.5 Å². The molecule has 0 spiro atoms. The number of carbonyl (C=O) groups is 2. The first-order chi connectivity index (χ1) is 18.0. The van der Waals surface area contributed by atoms with Crippen LogP contribution in [0.15, 0.2) is 40.2 Å². The molecule has 4 rings (SSSR count). The number of hydrogen-bond donors (Lipinski definition) is 3. The van der Waals surface area contributed by atoms with E-state index in [4.69, 9.17) is 4.74 Å². The van der Waals surface area contributed by atoms with Gasteiger partial charge in [0.15, 0.2) is 11.2 Å². The molecule has 3 aromatic rings. The highest BCUT2D eigenvalue weighted by Crippen LogP contribution is 2.25. The van der Waals surface area contributed by atoms with Crippen molar-refractivity contribution in [1.82, 2.24) is 29.7 Å². The number of nitrogens with zero attached hydrogens (tertiary/aromatic N) is 3. The number of H-pyrrole nitrogens is 1. The summed E-state index contributed by atoms with van der Waals surface area (Å²) >= 11 is 0. The molecule has 0 bridgehead atoms. The Bertz CT molecular complexity index is 1410. The van der Waals surface area contributed by atoms with Gasteiger partial charge in [-0.25, -0.2) is 14.6 Å². The van der Waals surface area contributed by atoms with Crippen molar-refractivity contribution < 1.29 is 14.3 Å². The molecule has 1 aliphatic rings. The second-order valence-corrected chi connectivity index (χ2v) is 10.8. The van der Waals surface area contributed by atoms with E-state index in [0.717, 1.165) is 30.4 Å². The fraction of sp³-hybridized carbons (Fsp3) is 0.519. The Balaban J connectivity index is 1.33. The molecule has 1 aliphatic carbocycles. The Morgan fingerprint density at radius 2 is 1.84 bits per heavy atom. The average Bonchev–Trinajstić information content (AvgIpc) is 3.29. The lowest BCUT2D eigenvalue weighted by Crippen LogP contribution is -2.44. The second-order valence-electron chi connectivity index (χ2n) is 10.8. The van der Waals surface area contributed by atoms with Crippen LogP contribution in [-0.4, -0.2) is 42.7 Å². The van der Waals surface area contributed by atoms with Gasteiger partial charge >= 0.3 is 11.8 Å². The van der Waals surface area contributed by atoms with Gasteiger partial charge in [0.05, 0.1) is 12.9 Å². The number of benzene rings is 1. The van der Waals surface area contributed by atoms with Crippen molar-refractivity contribution in [2.45, 2.75) is 84.7 Å². The monoisotopic (exact) mass is 524 g/mol. The maximum Gasteiger partial charge on any atom is 0.407 e. The van der Waals surface area contributed by atoms with Crippen molar-refractivity contribution >= 4 is 23.2 Å². The van der Waals surface area contributed by atoms with Crippen LogP contribution in [0.25, 0.3) is 11.2 Å². The molecule has 2 heterocycles. The SMILES string of the molecule is CCn1cnc2c1c(=O)[nH]c(=O)n2Cc1ccc(CNC(=O)[C@@H]2CCC[C@H](NC(=O)OC(C)(C)C)C2)cc1. The standard InChI is InChI=1S/C27H36N6O5/c1-5-32-16-29-22-21(32)24(35)31-25(36)33(22)15-18-11-9-17(10-12-18)14-28-23(34)19-7-6-8-20(13-19)30-26(37)38-27(2,3)4/h9-12,16,19-20H,5-8,13-15H2,1-4H3,(H,28,34)(H,30,37)(H,31,35,36)/t19-,20+/m1/s1. The predicted octanol–water partition coefficient (Wildman–Crippen LogP) is 2.65. The zero-order valence-corrected chi connectivity index (χ0v) is 22.4. The molecule has 3 N–H and O–H groups in total. The molecule has 0 saturated heterocycles. The second kappa shape index (κ2) is 11.2. The summed E-state index contributed by atoms with van der Waals surface area (Å²) in [4.78, 5) is 56.3. The van der Waals surface area contributed by atoms with E-state index in [1.165, 1.54) is 4.57 Å². The van der Waals surface area contributed by atoms with Crippen molar-refractivity contribution in [1.29, 1.82) is 0 Å². The van der Waals surface area contributed by atoms with E-state index in [1.54, 1.807) is 10.9 Å². The molecule has 38 heavy (non-hydrogen) atoms. The molecular weight excluding hydrogens is 488 g/mol. The molecule has 1 saturated carbocycles. The normalized spacial score (nSPS) is 17.8. The first-order valence-corrected chi connectivity index (χ1v) is 13.1. The summed E-state index contributed by atoms with van der Waals surface area (Å²) in [6.45, 7) is 8.57. The van der Waals surface area contributed by atoms with Crippen LogP contribution < -0.4 is 21.9 Å². The van der Waals surface area contributed by atoms with E-state index in [1.807, 2.05) is 52.0 Å². The van der Waals surface area contributed by atoms with Gasteiger partial charge in [0, 0.05) is 25.0 Å². The summed E-state index contributed by atoms with van der Waals surface area (Å²) in [5, 5.41) is 5.90. The number of rotatable bonds is 7. The van der Waals surface area contributed by atoms with Gasteiger partial charge in [-0.3, -0.25) is 19.1 Å². The van der Waals surface area contributed by atoms with Crippen LogP contribution in [-0.2, 0) is 29.2 Å². The molecule has 1 fully saturated rings. The largest absolute Gasteiger partial charge is 0.444 e. The third-order valence-corrected chi connectivity index (χ3v) is 6.69. The fourth-order valence-electron chi connectivity index (χ4n) is 4.82. The van der Waals surface area contributed by atoms with Crippen molar-refractivity contribution in [2.75, 3.05) is 0 Å². The van der Waals surface area contributed by atoms with E-state index < -0.39 is 22.9 Å². The summed E-state index contributed by atoms with van der Waals surface area (Å²) < 4.78 is 8.49. The summed E-state index contributed by atoms with van der Waals surface area (Å²) in [7, 11) is 0. The smallest absolute Gasteiger partial charge is 0.407 e. The number of ether oxygens (including phenoxy) is 1. The van der Waals surface area contributed by atoms with Crippen LogP contribution in [0.4, 0.5) is 4.79 Å². The number of amides is 2. The molecule has 1 aromatic carbocycles. The zero-order valence-electron chi connectivity index (χ0n) is 22.4. The Labute approximate surface area is 220 Å². The van der Waals surface area contributed by atoms with E-state index in [-0.39, 0.29) is 24.4 Å². The molecular formula is C27H36N6O5. The Morgan fingerprint density at radius 3 is 2.53 bits per heavy atom. The van der Waals surface area contributed by atoms with Crippen molar-refractivity contribution in [3.63, 3.8) is 0 Å². The summed E-state index contributed by atoms with van der Waals surface area (Å²) in [6, 6.07) is 7.51. The molecule has 2 aromatic heterocycles. The number of aromatic nitrogens is 4. The molecule has 204 valence electrons. The Hall–Kier alpha value is -3.89. The Kier molecular flexibility index (Phi) is 8.03. The van der Waals surface area contributed by atoms with Gasteiger partial charge in [0.25, 0.3) is 5.56 Å². The van der Waals surface area contributed by atoms with E-state index in [0.29, 0.717) is 30.7 Å². The number of imidazole rings is 1.